The van der Waals surface area contributed by atoms with E-state index < -0.39 is 0 Å². The number of likely N-dealkylation sites (tertiary alicyclic amines) is 1. The van der Waals surface area contributed by atoms with Crippen LogP contribution in [0, 0.1) is 18.3 Å². The standard InChI is InChI=1S/C16H25N5/c1-11-8-13(16(17)18)9-15(19-11)21-7-5-14-12(10-21)4-3-6-20(14)2/h8-9,12,14H,3-7,10H2,1-2H3,(H3,17,18). The van der Waals surface area contributed by atoms with Crippen LogP contribution in [0.3, 0.4) is 0 Å². The lowest BCUT2D eigenvalue weighted by molar-refractivity contribution is 0.102. The van der Waals surface area contributed by atoms with Gasteiger partial charge in [-0.15, -0.1) is 0 Å². The Balaban J connectivity index is 1.80. The van der Waals surface area contributed by atoms with Gasteiger partial charge in [-0.2, -0.15) is 0 Å². The van der Waals surface area contributed by atoms with Gasteiger partial charge in [0.1, 0.15) is 11.7 Å². The Hall–Kier alpha value is -1.62. The third-order valence-electron chi connectivity index (χ3n) is 4.92. The van der Waals surface area contributed by atoms with Gasteiger partial charge in [0, 0.05) is 30.4 Å². The van der Waals surface area contributed by atoms with E-state index in [4.69, 9.17) is 11.1 Å². The zero-order valence-electron chi connectivity index (χ0n) is 13.0. The number of hydrogen-bond donors (Lipinski definition) is 2. The van der Waals surface area contributed by atoms with Gasteiger partial charge in [0.25, 0.3) is 0 Å². The quantitative estimate of drug-likeness (QED) is 0.640. The first-order valence-corrected chi connectivity index (χ1v) is 7.83. The summed E-state index contributed by atoms with van der Waals surface area (Å²) in [6.45, 7) is 5.32. The van der Waals surface area contributed by atoms with Crippen LogP contribution in [0.25, 0.3) is 0 Å². The molecule has 0 bridgehead atoms. The van der Waals surface area contributed by atoms with Gasteiger partial charge in [0.2, 0.25) is 0 Å². The van der Waals surface area contributed by atoms with Crippen molar-refractivity contribution in [1.82, 2.24) is 9.88 Å². The Morgan fingerprint density at radius 1 is 1.33 bits per heavy atom. The summed E-state index contributed by atoms with van der Waals surface area (Å²) in [5, 5.41) is 7.64. The lowest BCUT2D eigenvalue weighted by Gasteiger charge is -2.46. The van der Waals surface area contributed by atoms with Crippen molar-refractivity contribution in [3.63, 3.8) is 0 Å². The van der Waals surface area contributed by atoms with Gasteiger partial charge in [0.05, 0.1) is 0 Å². The smallest absolute Gasteiger partial charge is 0.129 e. The van der Waals surface area contributed by atoms with Crippen LogP contribution < -0.4 is 10.6 Å². The molecule has 2 aliphatic rings. The first-order chi connectivity index (χ1) is 10.0. The predicted octanol–water partition coefficient (Wildman–Crippen LogP) is 1.59. The van der Waals surface area contributed by atoms with E-state index in [1.807, 2.05) is 19.1 Å². The zero-order chi connectivity index (χ0) is 15.0. The number of pyridine rings is 1. The Bertz CT molecular complexity index is 541. The number of piperidine rings is 2. The maximum Gasteiger partial charge on any atom is 0.129 e. The molecule has 2 aliphatic heterocycles. The number of hydrogen-bond acceptors (Lipinski definition) is 4. The van der Waals surface area contributed by atoms with E-state index in [2.05, 4.69) is 21.8 Å². The molecule has 1 aromatic rings. The minimum Gasteiger partial charge on any atom is -0.384 e. The Morgan fingerprint density at radius 3 is 2.90 bits per heavy atom. The highest BCUT2D eigenvalue weighted by molar-refractivity contribution is 5.95. The van der Waals surface area contributed by atoms with Crippen LogP contribution in [-0.4, -0.2) is 48.4 Å². The van der Waals surface area contributed by atoms with Crippen LogP contribution >= 0.6 is 0 Å². The monoisotopic (exact) mass is 287 g/mol. The van der Waals surface area contributed by atoms with E-state index in [0.29, 0.717) is 0 Å². The van der Waals surface area contributed by atoms with Crippen LogP contribution in [0.1, 0.15) is 30.5 Å². The number of nitrogens with one attached hydrogen (secondary N) is 1. The lowest BCUT2D eigenvalue weighted by atomic mass is 9.84. The maximum atomic E-state index is 7.64. The van der Waals surface area contributed by atoms with Gasteiger partial charge in [-0.3, -0.25) is 5.41 Å². The van der Waals surface area contributed by atoms with E-state index in [9.17, 15) is 0 Å². The van der Waals surface area contributed by atoms with E-state index >= 15 is 0 Å². The number of rotatable bonds is 2. The van der Waals surface area contributed by atoms with E-state index in [0.717, 1.165) is 42.1 Å². The second-order valence-electron chi connectivity index (χ2n) is 6.45. The first-order valence-electron chi connectivity index (χ1n) is 7.83. The minimum absolute atomic E-state index is 0.119. The highest BCUT2D eigenvalue weighted by atomic mass is 15.2. The number of aryl methyl sites for hydroxylation is 1. The molecule has 3 rings (SSSR count). The fraction of sp³-hybridized carbons (Fsp3) is 0.625. The molecule has 21 heavy (non-hydrogen) atoms. The topological polar surface area (TPSA) is 69.2 Å². The summed E-state index contributed by atoms with van der Waals surface area (Å²) < 4.78 is 0. The van der Waals surface area contributed by atoms with Crippen LogP contribution in [0.4, 0.5) is 5.82 Å². The van der Waals surface area contributed by atoms with E-state index in [1.54, 1.807) is 0 Å². The van der Waals surface area contributed by atoms with Crippen LogP contribution in [0.2, 0.25) is 0 Å². The molecular formula is C16H25N5. The third-order valence-corrected chi connectivity index (χ3v) is 4.92. The van der Waals surface area contributed by atoms with Gasteiger partial charge in [-0.1, -0.05) is 0 Å². The normalized spacial score (nSPS) is 26.5. The molecule has 2 unspecified atom stereocenters. The van der Waals surface area contributed by atoms with Crippen molar-refractivity contribution >= 4 is 11.7 Å². The van der Waals surface area contributed by atoms with Gasteiger partial charge < -0.3 is 15.5 Å². The molecule has 1 aromatic heterocycles. The number of anilines is 1. The SMILES string of the molecule is Cc1cc(C(=N)N)cc(N2CCC3C(CCCN3C)C2)n1. The van der Waals surface area contributed by atoms with E-state index in [1.165, 1.54) is 25.8 Å². The van der Waals surface area contributed by atoms with Crippen molar-refractivity contribution in [3.8, 4) is 0 Å². The minimum atomic E-state index is 0.119. The van der Waals surface area contributed by atoms with Crippen LogP contribution in [0.15, 0.2) is 12.1 Å². The zero-order valence-corrected chi connectivity index (χ0v) is 13.0. The predicted molar refractivity (Wildman–Crippen MR) is 86.0 cm³/mol. The largest absolute Gasteiger partial charge is 0.384 e. The van der Waals surface area contributed by atoms with Crippen molar-refractivity contribution < 1.29 is 0 Å². The van der Waals surface area contributed by atoms with Crippen molar-refractivity contribution in [2.45, 2.75) is 32.2 Å². The molecule has 3 N–H and O–H groups in total. The molecule has 0 aromatic carbocycles. The average Bonchev–Trinajstić information content (AvgIpc) is 2.46. The molecule has 114 valence electrons. The second kappa shape index (κ2) is 5.64. The fourth-order valence-corrected chi connectivity index (χ4v) is 3.83. The number of aromatic nitrogens is 1. The average molecular weight is 287 g/mol. The summed E-state index contributed by atoms with van der Waals surface area (Å²) in [7, 11) is 2.26. The molecule has 0 aliphatic carbocycles. The van der Waals surface area contributed by atoms with Gasteiger partial charge in [-0.25, -0.2) is 4.98 Å². The number of nitrogen functional groups attached to an aromatic ring is 1. The number of amidine groups is 1. The molecular weight excluding hydrogens is 262 g/mol. The molecule has 0 amide bonds. The summed E-state index contributed by atoms with van der Waals surface area (Å²) in [4.78, 5) is 9.56. The van der Waals surface area contributed by atoms with Crippen molar-refractivity contribution in [2.75, 3.05) is 31.6 Å². The molecule has 0 saturated carbocycles. The molecule has 2 saturated heterocycles. The summed E-state index contributed by atoms with van der Waals surface area (Å²) in [6, 6.07) is 4.57. The van der Waals surface area contributed by atoms with Gasteiger partial charge in [-0.05, 0) is 57.8 Å². The highest BCUT2D eigenvalue weighted by Gasteiger charge is 2.34. The van der Waals surface area contributed by atoms with Crippen LogP contribution in [0.5, 0.6) is 0 Å². The molecule has 2 atom stereocenters. The summed E-state index contributed by atoms with van der Waals surface area (Å²) in [6.07, 6.45) is 3.81. The molecule has 5 nitrogen and oxygen atoms in total. The Morgan fingerprint density at radius 2 is 2.14 bits per heavy atom. The highest BCUT2D eigenvalue weighted by Crippen LogP contribution is 2.31. The molecule has 0 radical (unpaired) electrons. The molecule has 2 fully saturated rings. The van der Waals surface area contributed by atoms with Crippen molar-refractivity contribution in [1.29, 1.82) is 5.41 Å². The van der Waals surface area contributed by atoms with Gasteiger partial charge in [0.15, 0.2) is 0 Å². The lowest BCUT2D eigenvalue weighted by Crippen LogP contribution is -2.53. The summed E-state index contributed by atoms with van der Waals surface area (Å²) in [5.41, 5.74) is 7.35. The third kappa shape index (κ3) is 2.88. The summed E-state index contributed by atoms with van der Waals surface area (Å²) in [5.74, 6) is 1.83. The summed E-state index contributed by atoms with van der Waals surface area (Å²) >= 11 is 0. The second-order valence-corrected chi connectivity index (χ2v) is 6.45. The molecule has 3 heterocycles. The Labute approximate surface area is 126 Å². The molecule has 5 heteroatoms. The van der Waals surface area contributed by atoms with Gasteiger partial charge >= 0.3 is 0 Å². The molecule has 0 spiro atoms. The Kier molecular flexibility index (Phi) is 3.85. The van der Waals surface area contributed by atoms with Crippen LogP contribution in [-0.2, 0) is 0 Å². The van der Waals surface area contributed by atoms with E-state index in [-0.39, 0.29) is 5.84 Å². The van der Waals surface area contributed by atoms with Crippen molar-refractivity contribution in [3.05, 3.63) is 23.4 Å². The number of nitrogens with zero attached hydrogens (tertiary/aromatic N) is 3. The first kappa shape index (κ1) is 14.3. The number of nitrogens with two attached hydrogens (primary N) is 1. The fourth-order valence-electron chi connectivity index (χ4n) is 3.83. The maximum absolute atomic E-state index is 7.64. The number of fused-ring (bicyclic) bond motifs is 1. The van der Waals surface area contributed by atoms with Crippen molar-refractivity contribution in [2.24, 2.45) is 11.7 Å².